The molecule has 1 fully saturated rings. The van der Waals surface area contributed by atoms with Crippen LogP contribution in [0.2, 0.25) is 0 Å². The highest BCUT2D eigenvalue weighted by atomic mass is 16.5. The predicted molar refractivity (Wildman–Crippen MR) is 74.2 cm³/mol. The molecule has 0 atom stereocenters. The molecule has 0 aliphatic heterocycles. The minimum atomic E-state index is -0.00635. The van der Waals surface area contributed by atoms with Crippen LogP contribution in [-0.4, -0.2) is 29.5 Å². The third kappa shape index (κ3) is 3.88. The lowest BCUT2D eigenvalue weighted by molar-refractivity contribution is 0.181. The van der Waals surface area contributed by atoms with Gasteiger partial charge in [-0.3, -0.25) is 4.79 Å². The van der Waals surface area contributed by atoms with E-state index in [1.807, 2.05) is 13.0 Å². The zero-order chi connectivity index (χ0) is 13.7. The number of aromatic nitrogens is 2. The summed E-state index contributed by atoms with van der Waals surface area (Å²) in [6, 6.07) is 2.45. The molecule has 1 aromatic heterocycles. The second-order valence-electron chi connectivity index (χ2n) is 5.19. The Hall–Kier alpha value is -1.20. The quantitative estimate of drug-likeness (QED) is 0.840. The topological polar surface area (TPSA) is 56.1 Å². The molecule has 0 bridgehead atoms. The molecular weight excluding hydrogens is 242 g/mol. The number of ether oxygens (including phenoxy) is 1. The highest BCUT2D eigenvalue weighted by molar-refractivity contribution is 5.12. The summed E-state index contributed by atoms with van der Waals surface area (Å²) in [5.41, 5.74) is 1.67. The largest absolute Gasteiger partial charge is 0.383 e. The Morgan fingerprint density at radius 2 is 2.21 bits per heavy atom. The fraction of sp³-hybridized carbons (Fsp3) is 0.714. The van der Waals surface area contributed by atoms with Crippen LogP contribution in [0.1, 0.15) is 36.9 Å². The van der Waals surface area contributed by atoms with Crippen molar-refractivity contribution in [2.45, 2.75) is 51.7 Å². The lowest BCUT2D eigenvalue weighted by Crippen LogP contribution is -2.33. The third-order valence-electron chi connectivity index (χ3n) is 3.61. The van der Waals surface area contributed by atoms with Gasteiger partial charge in [0.25, 0.3) is 5.56 Å². The number of methoxy groups -OCH3 is 1. The van der Waals surface area contributed by atoms with Gasteiger partial charge in [-0.05, 0) is 25.8 Å². The Balaban J connectivity index is 2.05. The molecule has 0 spiro atoms. The van der Waals surface area contributed by atoms with Gasteiger partial charge in [0, 0.05) is 25.3 Å². The molecule has 0 unspecified atom stereocenters. The number of aryl methyl sites for hydroxylation is 1. The smallest absolute Gasteiger partial charge is 0.271 e. The van der Waals surface area contributed by atoms with E-state index in [9.17, 15) is 4.79 Å². The third-order valence-corrected chi connectivity index (χ3v) is 3.61. The van der Waals surface area contributed by atoms with Gasteiger partial charge < -0.3 is 10.1 Å². The summed E-state index contributed by atoms with van der Waals surface area (Å²) in [6.45, 7) is 3.57. The van der Waals surface area contributed by atoms with Crippen molar-refractivity contribution in [3.8, 4) is 0 Å². The monoisotopic (exact) mass is 265 g/mol. The van der Waals surface area contributed by atoms with Gasteiger partial charge in [0.2, 0.25) is 0 Å². The first-order valence-corrected chi connectivity index (χ1v) is 7.00. The van der Waals surface area contributed by atoms with E-state index in [4.69, 9.17) is 4.74 Å². The average Bonchev–Trinajstić information content (AvgIpc) is 2.91. The minimum Gasteiger partial charge on any atom is -0.383 e. The molecule has 19 heavy (non-hydrogen) atoms. The molecule has 5 nitrogen and oxygen atoms in total. The van der Waals surface area contributed by atoms with Gasteiger partial charge in [-0.25, -0.2) is 4.68 Å². The van der Waals surface area contributed by atoms with Crippen molar-refractivity contribution in [2.24, 2.45) is 0 Å². The van der Waals surface area contributed by atoms with Crippen LogP contribution in [-0.2, 0) is 17.8 Å². The van der Waals surface area contributed by atoms with Crippen LogP contribution in [0.15, 0.2) is 10.9 Å². The molecule has 0 amide bonds. The van der Waals surface area contributed by atoms with Crippen molar-refractivity contribution in [1.82, 2.24) is 15.1 Å². The van der Waals surface area contributed by atoms with Crippen LogP contribution in [0.4, 0.5) is 0 Å². The molecule has 1 saturated carbocycles. The first-order valence-electron chi connectivity index (χ1n) is 7.00. The van der Waals surface area contributed by atoms with Gasteiger partial charge in [0.1, 0.15) is 0 Å². The van der Waals surface area contributed by atoms with E-state index in [-0.39, 0.29) is 5.56 Å². The van der Waals surface area contributed by atoms with Crippen LogP contribution in [0.5, 0.6) is 0 Å². The molecule has 1 aromatic rings. The number of nitrogens with one attached hydrogen (secondary N) is 1. The maximum Gasteiger partial charge on any atom is 0.271 e. The van der Waals surface area contributed by atoms with E-state index in [0.29, 0.717) is 25.7 Å². The number of nitrogens with zero attached hydrogens (tertiary/aromatic N) is 2. The van der Waals surface area contributed by atoms with Crippen LogP contribution in [0, 0.1) is 6.92 Å². The van der Waals surface area contributed by atoms with Crippen molar-refractivity contribution in [3.05, 3.63) is 27.7 Å². The van der Waals surface area contributed by atoms with Gasteiger partial charge in [-0.15, -0.1) is 0 Å². The van der Waals surface area contributed by atoms with Gasteiger partial charge >= 0.3 is 0 Å². The number of hydrogen-bond donors (Lipinski definition) is 1. The molecule has 106 valence electrons. The molecule has 1 heterocycles. The van der Waals surface area contributed by atoms with E-state index >= 15 is 0 Å². The molecular formula is C14H23N3O2. The van der Waals surface area contributed by atoms with Crippen LogP contribution < -0.4 is 10.9 Å². The summed E-state index contributed by atoms with van der Waals surface area (Å²) >= 11 is 0. The molecule has 1 N–H and O–H groups in total. The van der Waals surface area contributed by atoms with E-state index in [1.54, 1.807) is 7.11 Å². The maximum absolute atomic E-state index is 12.2. The summed E-state index contributed by atoms with van der Waals surface area (Å²) in [6.07, 6.45) is 5.04. The Morgan fingerprint density at radius 1 is 1.47 bits per heavy atom. The van der Waals surface area contributed by atoms with Crippen molar-refractivity contribution in [1.29, 1.82) is 0 Å². The van der Waals surface area contributed by atoms with E-state index in [2.05, 4.69) is 10.4 Å². The van der Waals surface area contributed by atoms with Gasteiger partial charge in [0.15, 0.2) is 0 Å². The first kappa shape index (κ1) is 14.2. The SMILES string of the molecule is COCCn1nc(C)cc(CNC2CCCC2)c1=O. The first-order chi connectivity index (χ1) is 9.20. The second-order valence-corrected chi connectivity index (χ2v) is 5.19. The fourth-order valence-electron chi connectivity index (χ4n) is 2.58. The van der Waals surface area contributed by atoms with E-state index in [1.165, 1.54) is 30.4 Å². The summed E-state index contributed by atoms with van der Waals surface area (Å²) in [4.78, 5) is 12.2. The Kier molecular flexibility index (Phi) is 5.10. The zero-order valence-electron chi connectivity index (χ0n) is 11.8. The highest BCUT2D eigenvalue weighted by Crippen LogP contribution is 2.17. The lowest BCUT2D eigenvalue weighted by Gasteiger charge is -2.13. The molecule has 5 heteroatoms. The van der Waals surface area contributed by atoms with E-state index < -0.39 is 0 Å². The normalized spacial score (nSPS) is 16.1. The maximum atomic E-state index is 12.2. The van der Waals surface area contributed by atoms with Crippen LogP contribution in [0.25, 0.3) is 0 Å². The lowest BCUT2D eigenvalue weighted by atomic mass is 10.2. The molecule has 1 aliphatic carbocycles. The van der Waals surface area contributed by atoms with Crippen molar-refractivity contribution >= 4 is 0 Å². The minimum absolute atomic E-state index is 0.00635. The second kappa shape index (κ2) is 6.82. The van der Waals surface area contributed by atoms with E-state index in [0.717, 1.165) is 11.3 Å². The Labute approximate surface area is 114 Å². The summed E-state index contributed by atoms with van der Waals surface area (Å²) < 4.78 is 6.51. The van der Waals surface area contributed by atoms with Crippen molar-refractivity contribution in [3.63, 3.8) is 0 Å². The van der Waals surface area contributed by atoms with Gasteiger partial charge in [-0.1, -0.05) is 12.8 Å². The van der Waals surface area contributed by atoms with Gasteiger partial charge in [-0.2, -0.15) is 5.10 Å². The summed E-state index contributed by atoms with van der Waals surface area (Å²) in [5.74, 6) is 0. The molecule has 1 aliphatic rings. The average molecular weight is 265 g/mol. The Morgan fingerprint density at radius 3 is 2.89 bits per heavy atom. The fourth-order valence-corrected chi connectivity index (χ4v) is 2.58. The highest BCUT2D eigenvalue weighted by Gasteiger charge is 2.15. The molecule has 2 rings (SSSR count). The molecule has 0 aromatic carbocycles. The van der Waals surface area contributed by atoms with Crippen LogP contribution in [0.3, 0.4) is 0 Å². The summed E-state index contributed by atoms with van der Waals surface area (Å²) in [5, 5.41) is 7.72. The molecule has 0 radical (unpaired) electrons. The molecule has 0 saturated heterocycles. The van der Waals surface area contributed by atoms with Crippen LogP contribution >= 0.6 is 0 Å². The van der Waals surface area contributed by atoms with Crippen molar-refractivity contribution in [2.75, 3.05) is 13.7 Å². The zero-order valence-corrected chi connectivity index (χ0v) is 11.8. The standard InChI is InChI=1S/C14H23N3O2/c1-11-9-12(10-15-13-5-3-4-6-13)14(18)17(16-11)7-8-19-2/h9,13,15H,3-8,10H2,1-2H3. The van der Waals surface area contributed by atoms with Gasteiger partial charge in [0.05, 0.1) is 18.8 Å². The Bertz CT molecular complexity index is 464. The number of hydrogen-bond acceptors (Lipinski definition) is 4. The van der Waals surface area contributed by atoms with Crippen molar-refractivity contribution < 1.29 is 4.74 Å². The number of rotatable bonds is 6. The summed E-state index contributed by atoms with van der Waals surface area (Å²) in [7, 11) is 1.63. The predicted octanol–water partition coefficient (Wildman–Crippen LogP) is 1.23.